The highest BCUT2D eigenvalue weighted by atomic mass is 16.6. The topological polar surface area (TPSA) is 71.5 Å². The molecule has 126 valence electrons. The molecule has 1 aromatic heterocycles. The normalized spacial score (nSPS) is 16.8. The number of amides is 1. The lowest BCUT2D eigenvalue weighted by Crippen LogP contribution is -2.33. The first-order valence-corrected chi connectivity index (χ1v) is 7.98. The Labute approximate surface area is 137 Å². The molecule has 2 rings (SSSR count). The highest BCUT2D eigenvalue weighted by Crippen LogP contribution is 2.18. The fourth-order valence-corrected chi connectivity index (χ4v) is 2.55. The van der Waals surface area contributed by atoms with E-state index in [1.54, 1.807) is 6.20 Å². The minimum absolute atomic E-state index is 0.202. The van der Waals surface area contributed by atoms with E-state index in [-0.39, 0.29) is 5.92 Å². The molecule has 6 heteroatoms. The minimum atomic E-state index is -0.537. The fraction of sp³-hybridized carbons (Fsp3) is 0.588. The van der Waals surface area contributed by atoms with Gasteiger partial charge in [0.2, 0.25) is 0 Å². The van der Waals surface area contributed by atoms with Crippen molar-refractivity contribution >= 4 is 18.2 Å². The van der Waals surface area contributed by atoms with Crippen LogP contribution in [-0.2, 0) is 16.1 Å². The molecule has 1 saturated heterocycles. The van der Waals surface area contributed by atoms with Gasteiger partial charge in [-0.3, -0.25) is 10.2 Å². The van der Waals surface area contributed by atoms with Crippen LogP contribution >= 0.6 is 0 Å². The highest BCUT2D eigenvalue weighted by molar-refractivity contribution is 5.83. The molecule has 0 spiro atoms. The summed E-state index contributed by atoms with van der Waals surface area (Å²) in [6.07, 6.45) is 4.07. The molecular weight excluding hydrogens is 294 g/mol. The van der Waals surface area contributed by atoms with Gasteiger partial charge in [-0.1, -0.05) is 0 Å². The molecule has 1 aromatic rings. The molecule has 23 heavy (non-hydrogen) atoms. The van der Waals surface area contributed by atoms with Crippen LogP contribution in [0.3, 0.4) is 0 Å². The van der Waals surface area contributed by atoms with Crippen LogP contribution < -0.4 is 5.32 Å². The summed E-state index contributed by atoms with van der Waals surface area (Å²) in [6, 6.07) is 3.79. The van der Waals surface area contributed by atoms with Crippen molar-refractivity contribution in [3.63, 3.8) is 0 Å². The summed E-state index contributed by atoms with van der Waals surface area (Å²) in [6.45, 7) is 8.08. The van der Waals surface area contributed by atoms with Gasteiger partial charge in [0.1, 0.15) is 17.7 Å². The van der Waals surface area contributed by atoms with Gasteiger partial charge in [-0.2, -0.15) is 0 Å². The SMILES string of the molecule is CC(C)(C)OC(=O)Nc1cc(CN2CCC(C=O)CC2)ccn1. The minimum Gasteiger partial charge on any atom is -0.444 e. The third kappa shape index (κ3) is 5.98. The van der Waals surface area contributed by atoms with Gasteiger partial charge in [0, 0.05) is 18.7 Å². The number of piperidine rings is 1. The van der Waals surface area contributed by atoms with Gasteiger partial charge in [0.25, 0.3) is 0 Å². The van der Waals surface area contributed by atoms with Gasteiger partial charge in [0.05, 0.1) is 0 Å². The number of likely N-dealkylation sites (tertiary alicyclic amines) is 1. The number of hydrogen-bond acceptors (Lipinski definition) is 5. The van der Waals surface area contributed by atoms with E-state index in [1.807, 2.05) is 32.9 Å². The van der Waals surface area contributed by atoms with Gasteiger partial charge < -0.3 is 9.53 Å². The largest absolute Gasteiger partial charge is 0.444 e. The van der Waals surface area contributed by atoms with Crippen molar-refractivity contribution in [2.45, 2.75) is 45.8 Å². The smallest absolute Gasteiger partial charge is 0.413 e. The molecule has 1 fully saturated rings. The zero-order valence-electron chi connectivity index (χ0n) is 14.0. The highest BCUT2D eigenvalue weighted by Gasteiger charge is 2.19. The zero-order chi connectivity index (χ0) is 16.9. The number of aromatic nitrogens is 1. The average Bonchev–Trinajstić information content (AvgIpc) is 2.46. The second kappa shape index (κ2) is 7.55. The molecule has 0 unspecified atom stereocenters. The Balaban J connectivity index is 1.90. The van der Waals surface area contributed by atoms with Crippen LogP contribution in [0.5, 0.6) is 0 Å². The van der Waals surface area contributed by atoms with Crippen molar-refractivity contribution < 1.29 is 14.3 Å². The molecule has 0 radical (unpaired) electrons. The van der Waals surface area contributed by atoms with Crippen molar-refractivity contribution in [2.75, 3.05) is 18.4 Å². The first kappa shape index (κ1) is 17.4. The Morgan fingerprint density at radius 3 is 2.74 bits per heavy atom. The lowest BCUT2D eigenvalue weighted by atomic mass is 9.98. The number of nitrogens with zero attached hydrogens (tertiary/aromatic N) is 2. The van der Waals surface area contributed by atoms with Crippen molar-refractivity contribution in [2.24, 2.45) is 5.92 Å². The van der Waals surface area contributed by atoms with Crippen LogP contribution in [0, 0.1) is 5.92 Å². The number of carbonyl (C=O) groups is 2. The Kier molecular flexibility index (Phi) is 5.71. The number of hydrogen-bond donors (Lipinski definition) is 1. The summed E-state index contributed by atoms with van der Waals surface area (Å²) < 4.78 is 5.22. The molecule has 0 saturated carbocycles. The summed E-state index contributed by atoms with van der Waals surface area (Å²) in [5.41, 5.74) is 0.542. The Bertz CT molecular complexity index is 546. The Morgan fingerprint density at radius 2 is 2.13 bits per heavy atom. The monoisotopic (exact) mass is 319 g/mol. The molecule has 0 aromatic carbocycles. The van der Waals surface area contributed by atoms with E-state index >= 15 is 0 Å². The number of carbonyl (C=O) groups excluding carboxylic acids is 2. The molecule has 0 aliphatic carbocycles. The maximum atomic E-state index is 11.8. The number of rotatable bonds is 4. The van der Waals surface area contributed by atoms with E-state index < -0.39 is 11.7 Å². The maximum absolute atomic E-state index is 11.8. The Morgan fingerprint density at radius 1 is 1.43 bits per heavy atom. The predicted molar refractivity (Wildman–Crippen MR) is 88.2 cm³/mol. The summed E-state index contributed by atoms with van der Waals surface area (Å²) in [5.74, 6) is 0.688. The van der Waals surface area contributed by atoms with E-state index in [9.17, 15) is 9.59 Å². The van der Waals surface area contributed by atoms with Crippen LogP contribution in [0.1, 0.15) is 39.2 Å². The van der Waals surface area contributed by atoms with E-state index in [1.165, 1.54) is 0 Å². The van der Waals surface area contributed by atoms with Crippen molar-refractivity contribution in [1.82, 2.24) is 9.88 Å². The van der Waals surface area contributed by atoms with E-state index in [0.717, 1.165) is 44.3 Å². The number of pyridine rings is 1. The van der Waals surface area contributed by atoms with Gasteiger partial charge in [-0.15, -0.1) is 0 Å². The summed E-state index contributed by atoms with van der Waals surface area (Å²) in [7, 11) is 0. The van der Waals surface area contributed by atoms with Crippen LogP contribution in [0.25, 0.3) is 0 Å². The first-order valence-electron chi connectivity index (χ1n) is 7.98. The standard InChI is InChI=1S/C17H25N3O3/c1-17(2,3)23-16(22)19-15-10-14(4-7-18-15)11-20-8-5-13(12-21)6-9-20/h4,7,10,12-13H,5-6,8-9,11H2,1-3H3,(H,18,19,22). The quantitative estimate of drug-likeness (QED) is 0.864. The number of ether oxygens (including phenoxy) is 1. The number of aldehydes is 1. The van der Waals surface area contributed by atoms with Crippen LogP contribution in [-0.4, -0.2) is 41.0 Å². The van der Waals surface area contributed by atoms with Crippen LogP contribution in [0.2, 0.25) is 0 Å². The molecular formula is C17H25N3O3. The van der Waals surface area contributed by atoms with Crippen molar-refractivity contribution in [3.05, 3.63) is 23.9 Å². The fourth-order valence-electron chi connectivity index (χ4n) is 2.55. The predicted octanol–water partition coefficient (Wildman–Crippen LogP) is 2.84. The first-order chi connectivity index (χ1) is 10.9. The van der Waals surface area contributed by atoms with E-state index in [2.05, 4.69) is 15.2 Å². The van der Waals surface area contributed by atoms with E-state index in [0.29, 0.717) is 5.82 Å². The van der Waals surface area contributed by atoms with Gasteiger partial charge in [0.15, 0.2) is 0 Å². The molecule has 0 atom stereocenters. The molecule has 2 heterocycles. The molecule has 1 amide bonds. The average molecular weight is 319 g/mol. The van der Waals surface area contributed by atoms with Crippen molar-refractivity contribution in [1.29, 1.82) is 0 Å². The third-order valence-corrected chi connectivity index (χ3v) is 3.68. The molecule has 1 N–H and O–H groups in total. The Hall–Kier alpha value is -1.95. The summed E-state index contributed by atoms with van der Waals surface area (Å²) in [4.78, 5) is 29.0. The number of anilines is 1. The molecule has 1 aliphatic heterocycles. The summed E-state index contributed by atoms with van der Waals surface area (Å²) in [5, 5.41) is 2.66. The van der Waals surface area contributed by atoms with Gasteiger partial charge >= 0.3 is 6.09 Å². The van der Waals surface area contributed by atoms with Crippen LogP contribution in [0.4, 0.5) is 10.6 Å². The molecule has 1 aliphatic rings. The molecule has 6 nitrogen and oxygen atoms in total. The number of nitrogens with one attached hydrogen (secondary N) is 1. The third-order valence-electron chi connectivity index (χ3n) is 3.68. The van der Waals surface area contributed by atoms with E-state index in [4.69, 9.17) is 4.74 Å². The van der Waals surface area contributed by atoms with Crippen molar-refractivity contribution in [3.8, 4) is 0 Å². The van der Waals surface area contributed by atoms with Crippen LogP contribution in [0.15, 0.2) is 18.3 Å². The molecule has 0 bridgehead atoms. The van der Waals surface area contributed by atoms with Gasteiger partial charge in [-0.05, 0) is 64.4 Å². The second-order valence-corrected chi connectivity index (χ2v) is 6.93. The second-order valence-electron chi connectivity index (χ2n) is 6.93. The lowest BCUT2D eigenvalue weighted by Gasteiger charge is -2.29. The zero-order valence-corrected chi connectivity index (χ0v) is 14.0. The van der Waals surface area contributed by atoms with Gasteiger partial charge in [-0.25, -0.2) is 9.78 Å². The lowest BCUT2D eigenvalue weighted by molar-refractivity contribution is -0.112. The summed E-state index contributed by atoms with van der Waals surface area (Å²) >= 11 is 0. The maximum Gasteiger partial charge on any atom is 0.413 e.